The second kappa shape index (κ2) is 6.63. The number of rotatable bonds is 5. The second-order valence-corrected chi connectivity index (χ2v) is 6.68. The number of phenolic OH excluding ortho intramolecular Hbond substituents is 1. The predicted octanol–water partition coefficient (Wildman–Crippen LogP) is 4.32. The quantitative estimate of drug-likeness (QED) is 0.876. The summed E-state index contributed by atoms with van der Waals surface area (Å²) in [6.07, 6.45) is 1.62. The van der Waals surface area contributed by atoms with Crippen LogP contribution in [0.25, 0.3) is 0 Å². The fourth-order valence-electron chi connectivity index (χ4n) is 2.92. The second-order valence-electron chi connectivity index (χ2n) is 6.28. The first-order valence-electron chi connectivity index (χ1n) is 8.18. The van der Waals surface area contributed by atoms with Crippen LogP contribution >= 0.6 is 11.6 Å². The molecule has 2 aliphatic rings. The van der Waals surface area contributed by atoms with Gasteiger partial charge in [-0.05, 0) is 42.7 Å². The summed E-state index contributed by atoms with van der Waals surface area (Å²) in [5.41, 5.74) is 0.853. The van der Waals surface area contributed by atoms with E-state index in [0.29, 0.717) is 17.5 Å². The molecule has 1 aliphatic carbocycles. The Morgan fingerprint density at radius 2 is 1.92 bits per heavy atom. The van der Waals surface area contributed by atoms with E-state index in [4.69, 9.17) is 25.8 Å². The van der Waals surface area contributed by atoms with Gasteiger partial charge in [0.1, 0.15) is 17.6 Å². The zero-order chi connectivity index (χ0) is 16.5. The van der Waals surface area contributed by atoms with E-state index in [1.807, 2.05) is 36.4 Å². The van der Waals surface area contributed by atoms with Crippen molar-refractivity contribution >= 4 is 11.6 Å². The Morgan fingerprint density at radius 3 is 2.62 bits per heavy atom. The van der Waals surface area contributed by atoms with Crippen molar-refractivity contribution in [3.63, 3.8) is 0 Å². The molecule has 0 amide bonds. The minimum Gasteiger partial charge on any atom is -0.506 e. The Hall–Kier alpha value is -1.75. The molecule has 2 aromatic carbocycles. The molecule has 24 heavy (non-hydrogen) atoms. The summed E-state index contributed by atoms with van der Waals surface area (Å²) in [5, 5.41) is 9.97. The molecule has 1 heterocycles. The number of para-hydroxylation sites is 1. The minimum absolute atomic E-state index is 0.0540. The van der Waals surface area contributed by atoms with Crippen molar-refractivity contribution in [3.05, 3.63) is 59.1 Å². The van der Waals surface area contributed by atoms with Gasteiger partial charge in [0, 0.05) is 5.92 Å². The Bertz CT molecular complexity index is 702. The maximum atomic E-state index is 9.67. The normalized spacial score (nSPS) is 24.7. The van der Waals surface area contributed by atoms with Gasteiger partial charge in [0.15, 0.2) is 12.4 Å². The maximum absolute atomic E-state index is 9.67. The van der Waals surface area contributed by atoms with E-state index in [1.165, 1.54) is 0 Å². The molecular formula is C19H19ClO4. The molecule has 1 saturated carbocycles. The summed E-state index contributed by atoms with van der Waals surface area (Å²) < 4.78 is 18.1. The highest BCUT2D eigenvalue weighted by atomic mass is 35.5. The lowest BCUT2D eigenvalue weighted by Crippen LogP contribution is -2.27. The van der Waals surface area contributed by atoms with E-state index in [1.54, 1.807) is 12.1 Å². The lowest BCUT2D eigenvalue weighted by Gasteiger charge is -2.24. The number of aromatic hydroxyl groups is 1. The highest BCUT2D eigenvalue weighted by molar-refractivity contribution is 6.32. The first-order chi connectivity index (χ1) is 11.7. The molecule has 2 aromatic rings. The van der Waals surface area contributed by atoms with E-state index in [0.717, 1.165) is 24.2 Å². The SMILES string of the molecule is Oc1ccc(C(Oc2ccccc2)C2COC(C3CC3)O2)cc1Cl. The van der Waals surface area contributed by atoms with Gasteiger partial charge in [-0.3, -0.25) is 0 Å². The molecule has 0 bridgehead atoms. The van der Waals surface area contributed by atoms with Crippen LogP contribution in [-0.2, 0) is 9.47 Å². The van der Waals surface area contributed by atoms with Crippen molar-refractivity contribution in [2.24, 2.45) is 5.92 Å². The van der Waals surface area contributed by atoms with Crippen molar-refractivity contribution in [1.29, 1.82) is 0 Å². The summed E-state index contributed by atoms with van der Waals surface area (Å²) in [7, 11) is 0. The Morgan fingerprint density at radius 1 is 1.12 bits per heavy atom. The zero-order valence-corrected chi connectivity index (χ0v) is 13.9. The molecule has 0 radical (unpaired) electrons. The number of benzene rings is 2. The van der Waals surface area contributed by atoms with Crippen LogP contribution in [0.2, 0.25) is 5.02 Å². The average molecular weight is 347 g/mol. The molecule has 3 unspecified atom stereocenters. The maximum Gasteiger partial charge on any atom is 0.161 e. The summed E-state index contributed by atoms with van der Waals surface area (Å²) in [5.74, 6) is 1.32. The molecule has 5 heteroatoms. The zero-order valence-electron chi connectivity index (χ0n) is 13.1. The van der Waals surface area contributed by atoms with Crippen LogP contribution in [0.1, 0.15) is 24.5 Å². The summed E-state index contributed by atoms with van der Waals surface area (Å²) in [6.45, 7) is 0.483. The standard InChI is InChI=1S/C19H19ClO4/c20-15-10-13(8-9-16(15)21)18(23-14-4-2-1-3-5-14)17-11-22-19(24-17)12-6-7-12/h1-5,8-10,12,17-19,21H,6-7,11H2. The monoisotopic (exact) mass is 346 g/mol. The number of hydrogen-bond acceptors (Lipinski definition) is 4. The van der Waals surface area contributed by atoms with Crippen molar-refractivity contribution in [1.82, 2.24) is 0 Å². The van der Waals surface area contributed by atoms with Crippen LogP contribution in [0.5, 0.6) is 11.5 Å². The first-order valence-corrected chi connectivity index (χ1v) is 8.55. The van der Waals surface area contributed by atoms with Crippen molar-refractivity contribution in [3.8, 4) is 11.5 Å². The first kappa shape index (κ1) is 15.8. The van der Waals surface area contributed by atoms with Crippen molar-refractivity contribution < 1.29 is 19.3 Å². The van der Waals surface area contributed by atoms with Crippen LogP contribution in [0, 0.1) is 5.92 Å². The molecule has 126 valence electrons. The summed E-state index contributed by atoms with van der Waals surface area (Å²) in [4.78, 5) is 0. The third kappa shape index (κ3) is 3.36. The fraction of sp³-hybridized carbons (Fsp3) is 0.368. The van der Waals surface area contributed by atoms with Gasteiger partial charge in [-0.1, -0.05) is 35.9 Å². The number of hydrogen-bond donors (Lipinski definition) is 1. The van der Waals surface area contributed by atoms with E-state index < -0.39 is 0 Å². The molecule has 0 spiro atoms. The van der Waals surface area contributed by atoms with Gasteiger partial charge >= 0.3 is 0 Å². The third-order valence-corrected chi connectivity index (χ3v) is 4.69. The topological polar surface area (TPSA) is 47.9 Å². The smallest absolute Gasteiger partial charge is 0.161 e. The van der Waals surface area contributed by atoms with Gasteiger partial charge in [0.2, 0.25) is 0 Å². The lowest BCUT2D eigenvalue weighted by molar-refractivity contribution is -0.0893. The highest BCUT2D eigenvalue weighted by Gasteiger charge is 2.42. The van der Waals surface area contributed by atoms with Crippen LogP contribution in [0.4, 0.5) is 0 Å². The van der Waals surface area contributed by atoms with Crippen LogP contribution in [-0.4, -0.2) is 24.1 Å². The largest absolute Gasteiger partial charge is 0.506 e. The third-order valence-electron chi connectivity index (χ3n) is 4.38. The Kier molecular flexibility index (Phi) is 4.35. The van der Waals surface area contributed by atoms with Crippen LogP contribution in [0.15, 0.2) is 48.5 Å². The highest BCUT2D eigenvalue weighted by Crippen LogP contribution is 2.41. The number of ether oxygens (including phenoxy) is 3. The van der Waals surface area contributed by atoms with Gasteiger partial charge in [-0.2, -0.15) is 0 Å². The minimum atomic E-state index is -0.353. The lowest BCUT2D eigenvalue weighted by atomic mass is 10.0. The Labute approximate surface area is 145 Å². The molecule has 0 aromatic heterocycles. The van der Waals surface area contributed by atoms with Gasteiger partial charge in [0.05, 0.1) is 11.6 Å². The molecule has 4 rings (SSSR count). The molecule has 1 N–H and O–H groups in total. The fourth-order valence-corrected chi connectivity index (χ4v) is 3.11. The number of halogens is 1. The van der Waals surface area contributed by atoms with E-state index >= 15 is 0 Å². The number of phenols is 1. The van der Waals surface area contributed by atoms with Gasteiger partial charge in [-0.25, -0.2) is 0 Å². The predicted molar refractivity (Wildman–Crippen MR) is 90.3 cm³/mol. The van der Waals surface area contributed by atoms with Crippen molar-refractivity contribution in [2.45, 2.75) is 31.3 Å². The van der Waals surface area contributed by atoms with Crippen LogP contribution in [0.3, 0.4) is 0 Å². The van der Waals surface area contributed by atoms with Crippen LogP contribution < -0.4 is 4.74 Å². The van der Waals surface area contributed by atoms with Gasteiger partial charge < -0.3 is 19.3 Å². The molecule has 2 fully saturated rings. The van der Waals surface area contributed by atoms with Gasteiger partial charge in [-0.15, -0.1) is 0 Å². The van der Waals surface area contributed by atoms with Gasteiger partial charge in [0.25, 0.3) is 0 Å². The van der Waals surface area contributed by atoms with E-state index in [2.05, 4.69) is 0 Å². The summed E-state index contributed by atoms with van der Waals surface area (Å²) >= 11 is 6.08. The van der Waals surface area contributed by atoms with Crippen molar-refractivity contribution in [2.75, 3.05) is 6.61 Å². The Balaban J connectivity index is 1.59. The molecule has 1 aliphatic heterocycles. The molecule has 1 saturated heterocycles. The molecule has 3 atom stereocenters. The van der Waals surface area contributed by atoms with E-state index in [9.17, 15) is 5.11 Å². The summed E-state index contributed by atoms with van der Waals surface area (Å²) in [6, 6.07) is 14.7. The molecular weight excluding hydrogens is 328 g/mol. The average Bonchev–Trinajstić information content (AvgIpc) is 3.34. The van der Waals surface area contributed by atoms with E-state index in [-0.39, 0.29) is 24.2 Å². The molecule has 4 nitrogen and oxygen atoms in total.